The quantitative estimate of drug-likeness (QED) is 0.822. The number of pyridine rings is 1. The van der Waals surface area contributed by atoms with Gasteiger partial charge in [0, 0.05) is 6.20 Å². The highest BCUT2D eigenvalue weighted by Gasteiger charge is 2.18. The van der Waals surface area contributed by atoms with Crippen molar-refractivity contribution in [3.63, 3.8) is 0 Å². The Morgan fingerprint density at radius 2 is 2.12 bits per heavy atom. The van der Waals surface area contributed by atoms with Crippen molar-refractivity contribution in [1.29, 1.82) is 0 Å². The van der Waals surface area contributed by atoms with Crippen LogP contribution in [0.3, 0.4) is 0 Å². The molecule has 1 fully saturated rings. The van der Waals surface area contributed by atoms with Gasteiger partial charge in [0.15, 0.2) is 0 Å². The van der Waals surface area contributed by atoms with E-state index in [1.807, 2.05) is 6.07 Å². The molecule has 16 heavy (non-hydrogen) atoms. The molecule has 4 heteroatoms. The smallest absolute Gasteiger partial charge is 0.354 e. The maximum atomic E-state index is 10.7. The highest BCUT2D eigenvalue weighted by Crippen LogP contribution is 2.26. The van der Waals surface area contributed by atoms with Crippen LogP contribution in [0.25, 0.3) is 0 Å². The van der Waals surface area contributed by atoms with Crippen molar-refractivity contribution in [3.05, 3.63) is 29.6 Å². The number of aromatic carboxylic acids is 1. The lowest BCUT2D eigenvalue weighted by atomic mass is 9.90. The molecule has 2 heterocycles. The molecule has 4 nitrogen and oxygen atoms in total. The van der Waals surface area contributed by atoms with Crippen LogP contribution >= 0.6 is 0 Å². The van der Waals surface area contributed by atoms with Gasteiger partial charge in [0.1, 0.15) is 5.69 Å². The van der Waals surface area contributed by atoms with E-state index >= 15 is 0 Å². The second kappa shape index (κ2) is 4.61. The van der Waals surface area contributed by atoms with Crippen LogP contribution in [0.5, 0.6) is 0 Å². The van der Waals surface area contributed by atoms with E-state index < -0.39 is 5.97 Å². The fourth-order valence-corrected chi connectivity index (χ4v) is 2.12. The first kappa shape index (κ1) is 11.1. The highest BCUT2D eigenvalue weighted by atomic mass is 16.4. The predicted molar refractivity (Wildman–Crippen MR) is 60.7 cm³/mol. The molecule has 0 atom stereocenters. The zero-order chi connectivity index (χ0) is 11.5. The minimum Gasteiger partial charge on any atom is -0.477 e. The van der Waals surface area contributed by atoms with E-state index in [0.717, 1.165) is 31.5 Å². The average Bonchev–Trinajstić information content (AvgIpc) is 2.30. The Labute approximate surface area is 94.9 Å². The molecule has 0 amide bonds. The summed E-state index contributed by atoms with van der Waals surface area (Å²) in [6.45, 7) is 2.21. The van der Waals surface area contributed by atoms with Crippen LogP contribution in [-0.4, -0.2) is 41.1 Å². The first-order valence-electron chi connectivity index (χ1n) is 5.54. The molecule has 1 aromatic rings. The summed E-state index contributed by atoms with van der Waals surface area (Å²) in [5, 5.41) is 8.75. The highest BCUT2D eigenvalue weighted by molar-refractivity contribution is 5.85. The Balaban J connectivity index is 2.07. The van der Waals surface area contributed by atoms with Crippen LogP contribution in [0, 0.1) is 0 Å². The molecule has 0 unspecified atom stereocenters. The molecule has 1 N–H and O–H groups in total. The molecule has 1 aliphatic heterocycles. The summed E-state index contributed by atoms with van der Waals surface area (Å²) in [5.41, 5.74) is 1.29. The molecule has 86 valence electrons. The number of rotatable bonds is 2. The SMILES string of the molecule is CN1CCC(c2ccc(C(=O)O)nc2)CC1. The van der Waals surface area contributed by atoms with Crippen molar-refractivity contribution in [2.45, 2.75) is 18.8 Å². The number of carboxylic acids is 1. The Morgan fingerprint density at radius 3 is 2.62 bits per heavy atom. The van der Waals surface area contributed by atoms with E-state index in [9.17, 15) is 4.79 Å². The summed E-state index contributed by atoms with van der Waals surface area (Å²) in [4.78, 5) is 16.9. The number of aromatic nitrogens is 1. The second-order valence-electron chi connectivity index (χ2n) is 4.36. The van der Waals surface area contributed by atoms with Gasteiger partial charge >= 0.3 is 5.97 Å². The van der Waals surface area contributed by atoms with Crippen molar-refractivity contribution < 1.29 is 9.90 Å². The van der Waals surface area contributed by atoms with Gasteiger partial charge in [-0.3, -0.25) is 0 Å². The summed E-state index contributed by atoms with van der Waals surface area (Å²) in [5.74, 6) is -0.429. The number of carboxylic acid groups (broad SMARTS) is 1. The van der Waals surface area contributed by atoms with E-state index in [1.54, 1.807) is 12.3 Å². The summed E-state index contributed by atoms with van der Waals surface area (Å²) >= 11 is 0. The van der Waals surface area contributed by atoms with Gasteiger partial charge in [-0.1, -0.05) is 6.07 Å². The second-order valence-corrected chi connectivity index (χ2v) is 4.36. The molecule has 0 aliphatic carbocycles. The van der Waals surface area contributed by atoms with Crippen LogP contribution in [0.15, 0.2) is 18.3 Å². The third kappa shape index (κ3) is 2.39. The monoisotopic (exact) mass is 220 g/mol. The summed E-state index contributed by atoms with van der Waals surface area (Å²) in [7, 11) is 2.13. The fourth-order valence-electron chi connectivity index (χ4n) is 2.12. The van der Waals surface area contributed by atoms with Gasteiger partial charge in [-0.25, -0.2) is 9.78 Å². The molecule has 1 aliphatic rings. The number of piperidine rings is 1. The molecule has 1 aromatic heterocycles. The van der Waals surface area contributed by atoms with Gasteiger partial charge in [-0.15, -0.1) is 0 Å². The van der Waals surface area contributed by atoms with Crippen molar-refractivity contribution >= 4 is 5.97 Å². The Morgan fingerprint density at radius 1 is 1.44 bits per heavy atom. The van der Waals surface area contributed by atoms with E-state index in [0.29, 0.717) is 5.92 Å². The number of nitrogens with zero attached hydrogens (tertiary/aromatic N) is 2. The number of hydrogen-bond donors (Lipinski definition) is 1. The summed E-state index contributed by atoms with van der Waals surface area (Å²) in [6, 6.07) is 3.49. The number of likely N-dealkylation sites (tertiary alicyclic amines) is 1. The van der Waals surface area contributed by atoms with Crippen molar-refractivity contribution in [3.8, 4) is 0 Å². The minimum absolute atomic E-state index is 0.122. The maximum Gasteiger partial charge on any atom is 0.354 e. The third-order valence-electron chi connectivity index (χ3n) is 3.20. The lowest BCUT2D eigenvalue weighted by Gasteiger charge is -2.28. The predicted octanol–water partition coefficient (Wildman–Crippen LogP) is 1.59. The van der Waals surface area contributed by atoms with Gasteiger partial charge in [-0.2, -0.15) is 0 Å². The minimum atomic E-state index is -0.963. The van der Waals surface area contributed by atoms with Gasteiger partial charge in [0.05, 0.1) is 0 Å². The van der Waals surface area contributed by atoms with E-state index in [1.165, 1.54) is 0 Å². The first-order chi connectivity index (χ1) is 7.66. The Hall–Kier alpha value is -1.42. The maximum absolute atomic E-state index is 10.7. The molecule has 0 bridgehead atoms. The van der Waals surface area contributed by atoms with E-state index in [-0.39, 0.29) is 5.69 Å². The number of hydrogen-bond acceptors (Lipinski definition) is 3. The molecular weight excluding hydrogens is 204 g/mol. The molecular formula is C12H16N2O2. The van der Waals surface area contributed by atoms with Crippen LogP contribution in [0.1, 0.15) is 34.8 Å². The van der Waals surface area contributed by atoms with Gasteiger partial charge in [0.2, 0.25) is 0 Å². The van der Waals surface area contributed by atoms with Crippen LogP contribution in [0.2, 0.25) is 0 Å². The lowest BCUT2D eigenvalue weighted by molar-refractivity contribution is 0.0690. The van der Waals surface area contributed by atoms with Gasteiger partial charge in [0.25, 0.3) is 0 Å². The Bertz CT molecular complexity index is 367. The summed E-state index contributed by atoms with van der Waals surface area (Å²) < 4.78 is 0. The molecule has 0 spiro atoms. The van der Waals surface area contributed by atoms with Crippen LogP contribution < -0.4 is 0 Å². The normalized spacial score (nSPS) is 18.6. The van der Waals surface area contributed by atoms with Crippen molar-refractivity contribution in [1.82, 2.24) is 9.88 Å². The van der Waals surface area contributed by atoms with E-state index in [4.69, 9.17) is 5.11 Å². The molecule has 0 saturated carbocycles. The molecule has 0 aromatic carbocycles. The molecule has 0 radical (unpaired) electrons. The van der Waals surface area contributed by atoms with E-state index in [2.05, 4.69) is 16.9 Å². The lowest BCUT2D eigenvalue weighted by Crippen LogP contribution is -2.29. The molecule has 2 rings (SSSR count). The summed E-state index contributed by atoms with van der Waals surface area (Å²) in [6.07, 6.45) is 3.97. The van der Waals surface area contributed by atoms with Crippen LogP contribution in [-0.2, 0) is 0 Å². The van der Waals surface area contributed by atoms with Gasteiger partial charge < -0.3 is 10.0 Å². The van der Waals surface area contributed by atoms with Gasteiger partial charge in [-0.05, 0) is 50.5 Å². The topological polar surface area (TPSA) is 53.4 Å². The zero-order valence-corrected chi connectivity index (χ0v) is 9.39. The standard InChI is InChI=1S/C12H16N2O2/c1-14-6-4-9(5-7-14)10-2-3-11(12(15)16)13-8-10/h2-3,8-9H,4-7H2,1H3,(H,15,16). The molecule has 1 saturated heterocycles. The average molecular weight is 220 g/mol. The fraction of sp³-hybridized carbons (Fsp3) is 0.500. The van der Waals surface area contributed by atoms with Crippen molar-refractivity contribution in [2.24, 2.45) is 0 Å². The van der Waals surface area contributed by atoms with Crippen molar-refractivity contribution in [2.75, 3.05) is 20.1 Å². The zero-order valence-electron chi connectivity index (χ0n) is 9.39. The third-order valence-corrected chi connectivity index (χ3v) is 3.20. The Kier molecular flexibility index (Phi) is 3.19. The first-order valence-corrected chi connectivity index (χ1v) is 5.54. The van der Waals surface area contributed by atoms with Crippen LogP contribution in [0.4, 0.5) is 0 Å². The number of carbonyl (C=O) groups is 1. The largest absolute Gasteiger partial charge is 0.477 e.